The molecule has 0 aromatic rings. The lowest BCUT2D eigenvalue weighted by Gasteiger charge is -2.39. The van der Waals surface area contributed by atoms with Gasteiger partial charge in [0.25, 0.3) is 0 Å². The van der Waals surface area contributed by atoms with E-state index in [2.05, 4.69) is 6.92 Å². The molecule has 0 spiro atoms. The third kappa shape index (κ3) is 1.54. The quantitative estimate of drug-likeness (QED) is 0.562. The standard InChI is InChI=1S/C16H26O2/c1-3-17-9(2)18-14-8-12-7-13(14)16-11-5-4-10(6-11)15(12)16/h9-16H,3-8H2,1-2H3. The Morgan fingerprint density at radius 3 is 2.56 bits per heavy atom. The zero-order chi connectivity index (χ0) is 12.3. The van der Waals surface area contributed by atoms with E-state index in [-0.39, 0.29) is 6.29 Å². The fraction of sp³-hybridized carbons (Fsp3) is 1.00. The van der Waals surface area contributed by atoms with Gasteiger partial charge in [0, 0.05) is 6.61 Å². The van der Waals surface area contributed by atoms with Gasteiger partial charge in [-0.2, -0.15) is 0 Å². The van der Waals surface area contributed by atoms with Crippen molar-refractivity contribution in [3.8, 4) is 0 Å². The fourth-order valence-corrected chi connectivity index (χ4v) is 6.18. The minimum atomic E-state index is -0.00334. The van der Waals surface area contributed by atoms with E-state index in [9.17, 15) is 0 Å². The van der Waals surface area contributed by atoms with Crippen LogP contribution in [0.25, 0.3) is 0 Å². The molecule has 0 N–H and O–H groups in total. The van der Waals surface area contributed by atoms with Crippen molar-refractivity contribution in [1.82, 2.24) is 0 Å². The van der Waals surface area contributed by atoms with E-state index in [0.29, 0.717) is 6.10 Å². The molecule has 8 atom stereocenters. The van der Waals surface area contributed by atoms with Gasteiger partial charge in [-0.25, -0.2) is 0 Å². The van der Waals surface area contributed by atoms with Crippen molar-refractivity contribution in [1.29, 1.82) is 0 Å². The van der Waals surface area contributed by atoms with Crippen molar-refractivity contribution < 1.29 is 9.47 Å². The van der Waals surface area contributed by atoms with Gasteiger partial charge in [-0.1, -0.05) is 0 Å². The number of fused-ring (bicyclic) bond motifs is 9. The van der Waals surface area contributed by atoms with Crippen LogP contribution in [0.2, 0.25) is 0 Å². The molecule has 4 aliphatic rings. The van der Waals surface area contributed by atoms with Crippen LogP contribution < -0.4 is 0 Å². The second-order valence-corrected chi connectivity index (χ2v) is 7.08. The van der Waals surface area contributed by atoms with E-state index in [1.165, 1.54) is 25.7 Å². The molecule has 0 amide bonds. The Hall–Kier alpha value is -0.0800. The molecule has 18 heavy (non-hydrogen) atoms. The van der Waals surface area contributed by atoms with Gasteiger partial charge in [0.1, 0.15) is 0 Å². The Morgan fingerprint density at radius 2 is 1.78 bits per heavy atom. The molecule has 0 aromatic carbocycles. The molecule has 0 heterocycles. The molecule has 0 aliphatic heterocycles. The maximum atomic E-state index is 6.18. The first-order valence-electron chi connectivity index (χ1n) is 8.05. The maximum absolute atomic E-state index is 6.18. The van der Waals surface area contributed by atoms with Crippen LogP contribution in [0.3, 0.4) is 0 Å². The predicted octanol–water partition coefficient (Wildman–Crippen LogP) is 3.46. The lowest BCUT2D eigenvalue weighted by molar-refractivity contribution is -0.177. The average Bonchev–Trinajstić information content (AvgIpc) is 3.07. The highest BCUT2D eigenvalue weighted by molar-refractivity contribution is 5.11. The number of hydrogen-bond donors (Lipinski definition) is 0. The molecule has 0 aromatic heterocycles. The van der Waals surface area contributed by atoms with E-state index in [4.69, 9.17) is 9.47 Å². The summed E-state index contributed by atoms with van der Waals surface area (Å²) in [6.07, 6.45) is 7.90. The van der Waals surface area contributed by atoms with E-state index in [1.807, 2.05) is 6.92 Å². The van der Waals surface area contributed by atoms with Crippen molar-refractivity contribution in [3.63, 3.8) is 0 Å². The Labute approximate surface area is 110 Å². The monoisotopic (exact) mass is 250 g/mol. The Kier molecular flexibility index (Phi) is 2.74. The van der Waals surface area contributed by atoms with Crippen LogP contribution in [0.4, 0.5) is 0 Å². The number of hydrogen-bond acceptors (Lipinski definition) is 2. The third-order valence-corrected chi connectivity index (χ3v) is 6.44. The summed E-state index contributed by atoms with van der Waals surface area (Å²) in [5, 5.41) is 0. The van der Waals surface area contributed by atoms with Crippen LogP contribution in [0.15, 0.2) is 0 Å². The zero-order valence-corrected chi connectivity index (χ0v) is 11.7. The van der Waals surface area contributed by atoms with Crippen LogP contribution >= 0.6 is 0 Å². The Morgan fingerprint density at radius 1 is 1.00 bits per heavy atom. The van der Waals surface area contributed by atoms with Crippen molar-refractivity contribution >= 4 is 0 Å². The second kappa shape index (κ2) is 4.21. The van der Waals surface area contributed by atoms with Gasteiger partial charge in [0.2, 0.25) is 0 Å². The van der Waals surface area contributed by atoms with Crippen LogP contribution in [0.1, 0.15) is 46.0 Å². The normalized spacial score (nSPS) is 54.0. The molecule has 0 saturated heterocycles. The van der Waals surface area contributed by atoms with Gasteiger partial charge in [-0.15, -0.1) is 0 Å². The first-order chi connectivity index (χ1) is 8.78. The smallest absolute Gasteiger partial charge is 0.155 e. The highest BCUT2D eigenvalue weighted by Gasteiger charge is 2.62. The van der Waals surface area contributed by atoms with Gasteiger partial charge in [0.15, 0.2) is 6.29 Å². The molecule has 8 unspecified atom stereocenters. The largest absolute Gasteiger partial charge is 0.353 e. The van der Waals surface area contributed by atoms with Gasteiger partial charge < -0.3 is 9.47 Å². The summed E-state index contributed by atoms with van der Waals surface area (Å²) in [4.78, 5) is 0. The lowest BCUT2D eigenvalue weighted by atomic mass is 9.70. The molecule has 2 heteroatoms. The summed E-state index contributed by atoms with van der Waals surface area (Å²) in [7, 11) is 0. The van der Waals surface area contributed by atoms with Crippen molar-refractivity contribution in [2.75, 3.05) is 6.61 Å². The number of rotatable bonds is 4. The molecule has 2 nitrogen and oxygen atoms in total. The summed E-state index contributed by atoms with van der Waals surface area (Å²) in [6, 6.07) is 0. The first kappa shape index (κ1) is 11.7. The molecule has 4 fully saturated rings. The Balaban J connectivity index is 1.45. The fourth-order valence-electron chi connectivity index (χ4n) is 6.18. The highest BCUT2D eigenvalue weighted by atomic mass is 16.7. The van der Waals surface area contributed by atoms with E-state index >= 15 is 0 Å². The SMILES string of the molecule is CCOC(C)OC1CC2CC1C1C3CCC(C3)C21. The number of ether oxygens (including phenoxy) is 2. The molecule has 4 bridgehead atoms. The molecule has 4 rings (SSSR count). The van der Waals surface area contributed by atoms with E-state index in [1.54, 1.807) is 6.42 Å². The van der Waals surface area contributed by atoms with Crippen LogP contribution in [0.5, 0.6) is 0 Å². The minimum Gasteiger partial charge on any atom is -0.353 e. The van der Waals surface area contributed by atoms with Crippen molar-refractivity contribution in [3.05, 3.63) is 0 Å². The zero-order valence-electron chi connectivity index (χ0n) is 11.7. The molecule has 4 saturated carbocycles. The molecular weight excluding hydrogens is 224 g/mol. The molecule has 102 valence electrons. The molecule has 4 aliphatic carbocycles. The van der Waals surface area contributed by atoms with Gasteiger partial charge in [0.05, 0.1) is 6.10 Å². The van der Waals surface area contributed by atoms with Crippen LogP contribution in [-0.2, 0) is 9.47 Å². The van der Waals surface area contributed by atoms with Gasteiger partial charge >= 0.3 is 0 Å². The van der Waals surface area contributed by atoms with E-state index < -0.39 is 0 Å². The summed E-state index contributed by atoms with van der Waals surface area (Å²) in [6.45, 7) is 4.87. The predicted molar refractivity (Wildman–Crippen MR) is 70.0 cm³/mol. The lowest BCUT2D eigenvalue weighted by Crippen LogP contribution is -2.38. The van der Waals surface area contributed by atoms with Crippen molar-refractivity contribution in [2.24, 2.45) is 35.5 Å². The average molecular weight is 250 g/mol. The summed E-state index contributed by atoms with van der Waals surface area (Å²) < 4.78 is 11.7. The van der Waals surface area contributed by atoms with Gasteiger partial charge in [-0.05, 0) is 81.5 Å². The molecular formula is C16H26O2. The second-order valence-electron chi connectivity index (χ2n) is 7.08. The Bertz CT molecular complexity index is 329. The topological polar surface area (TPSA) is 18.5 Å². The van der Waals surface area contributed by atoms with E-state index in [0.717, 1.165) is 42.1 Å². The maximum Gasteiger partial charge on any atom is 0.155 e. The third-order valence-electron chi connectivity index (χ3n) is 6.44. The minimum absolute atomic E-state index is 0.00334. The highest BCUT2D eigenvalue weighted by Crippen LogP contribution is 2.67. The summed E-state index contributed by atoms with van der Waals surface area (Å²) in [5.74, 6) is 6.15. The van der Waals surface area contributed by atoms with Gasteiger partial charge in [-0.3, -0.25) is 0 Å². The molecule has 0 radical (unpaired) electrons. The first-order valence-corrected chi connectivity index (χ1v) is 8.05. The van der Waals surface area contributed by atoms with Crippen LogP contribution in [0, 0.1) is 35.5 Å². The summed E-state index contributed by atoms with van der Waals surface area (Å²) in [5.41, 5.74) is 0. The van der Waals surface area contributed by atoms with Crippen LogP contribution in [-0.4, -0.2) is 19.0 Å². The van der Waals surface area contributed by atoms with Crippen molar-refractivity contribution in [2.45, 2.75) is 58.3 Å². The summed E-state index contributed by atoms with van der Waals surface area (Å²) >= 11 is 0.